The van der Waals surface area contributed by atoms with Crippen LogP contribution < -0.4 is 10.2 Å². The number of aryl methyl sites for hydroxylation is 1. The Morgan fingerprint density at radius 3 is 2.48 bits per heavy atom. The highest BCUT2D eigenvalue weighted by molar-refractivity contribution is 7.99. The summed E-state index contributed by atoms with van der Waals surface area (Å²) in [4.78, 5) is 27.6. The summed E-state index contributed by atoms with van der Waals surface area (Å²) in [6.07, 6.45) is -4.48. The maximum atomic E-state index is 13.2. The molecule has 1 fully saturated rings. The number of nitrogens with zero attached hydrogens (tertiary/aromatic N) is 5. The number of amides is 2. The van der Waals surface area contributed by atoms with Gasteiger partial charge in [0.15, 0.2) is 5.16 Å². The summed E-state index contributed by atoms with van der Waals surface area (Å²) >= 11 is 0.850. The van der Waals surface area contributed by atoms with Crippen molar-refractivity contribution in [2.24, 2.45) is 0 Å². The van der Waals surface area contributed by atoms with Crippen molar-refractivity contribution in [3.63, 3.8) is 0 Å². The van der Waals surface area contributed by atoms with Crippen LogP contribution in [0.5, 0.6) is 0 Å². The van der Waals surface area contributed by atoms with Crippen molar-refractivity contribution < 1.29 is 27.5 Å². The summed E-state index contributed by atoms with van der Waals surface area (Å²) in [6, 6.07) is 7.21. The molecule has 2 aromatic rings. The summed E-state index contributed by atoms with van der Waals surface area (Å²) in [5.41, 5.74) is 1.66. The summed E-state index contributed by atoms with van der Waals surface area (Å²) < 4.78 is 45.7. The van der Waals surface area contributed by atoms with Gasteiger partial charge in [-0.25, -0.2) is 0 Å². The average molecular weight is 487 g/mol. The molecule has 180 valence electrons. The molecule has 0 spiro atoms. The van der Waals surface area contributed by atoms with Crippen molar-refractivity contribution in [2.75, 3.05) is 55.9 Å². The monoisotopic (exact) mass is 486 g/mol. The van der Waals surface area contributed by atoms with Crippen LogP contribution in [0.2, 0.25) is 0 Å². The topological polar surface area (TPSA) is 92.6 Å². The van der Waals surface area contributed by atoms with Gasteiger partial charge in [0, 0.05) is 25.8 Å². The number of benzene rings is 1. The second kappa shape index (κ2) is 10.9. The van der Waals surface area contributed by atoms with Crippen LogP contribution in [0.4, 0.5) is 24.8 Å². The van der Waals surface area contributed by atoms with Crippen LogP contribution in [-0.2, 0) is 20.9 Å². The number of aromatic nitrogens is 3. The number of ether oxygens (including phenoxy) is 1. The van der Waals surface area contributed by atoms with Crippen LogP contribution in [0.1, 0.15) is 5.56 Å². The Bertz CT molecular complexity index is 961. The van der Waals surface area contributed by atoms with Crippen molar-refractivity contribution >= 4 is 35.2 Å². The lowest BCUT2D eigenvalue weighted by Crippen LogP contribution is -2.38. The fourth-order valence-electron chi connectivity index (χ4n) is 3.08. The van der Waals surface area contributed by atoms with Crippen molar-refractivity contribution in [3.05, 3.63) is 29.8 Å². The quantitative estimate of drug-likeness (QED) is 0.572. The Labute approximate surface area is 193 Å². The van der Waals surface area contributed by atoms with Crippen LogP contribution in [0.3, 0.4) is 0 Å². The minimum absolute atomic E-state index is 0.0142. The molecule has 0 radical (unpaired) electrons. The van der Waals surface area contributed by atoms with Gasteiger partial charge in [-0.05, 0) is 19.1 Å². The van der Waals surface area contributed by atoms with Crippen LogP contribution in [0, 0.1) is 6.92 Å². The molecule has 1 aromatic carbocycles. The maximum Gasteiger partial charge on any atom is 0.406 e. The molecule has 1 aromatic heterocycles. The summed E-state index contributed by atoms with van der Waals surface area (Å²) in [7, 11) is 1.46. The zero-order valence-corrected chi connectivity index (χ0v) is 19.1. The van der Waals surface area contributed by atoms with E-state index < -0.39 is 18.6 Å². The van der Waals surface area contributed by atoms with E-state index in [4.69, 9.17) is 4.74 Å². The smallest absolute Gasteiger partial charge is 0.378 e. The Balaban J connectivity index is 1.59. The van der Waals surface area contributed by atoms with E-state index in [1.807, 2.05) is 19.1 Å². The first-order chi connectivity index (χ1) is 15.6. The van der Waals surface area contributed by atoms with E-state index in [2.05, 4.69) is 15.5 Å². The van der Waals surface area contributed by atoms with E-state index in [-0.39, 0.29) is 29.3 Å². The zero-order valence-electron chi connectivity index (χ0n) is 18.3. The molecule has 1 aliphatic heterocycles. The van der Waals surface area contributed by atoms with Crippen LogP contribution in [0.15, 0.2) is 29.4 Å². The highest BCUT2D eigenvalue weighted by Gasteiger charge is 2.33. The van der Waals surface area contributed by atoms with Gasteiger partial charge in [0.25, 0.3) is 0 Å². The van der Waals surface area contributed by atoms with Gasteiger partial charge in [0.1, 0.15) is 6.54 Å². The lowest BCUT2D eigenvalue weighted by Gasteiger charge is -2.28. The lowest BCUT2D eigenvalue weighted by molar-refractivity contribution is -0.141. The van der Waals surface area contributed by atoms with Gasteiger partial charge in [0.05, 0.1) is 25.5 Å². The van der Waals surface area contributed by atoms with Gasteiger partial charge in [-0.1, -0.05) is 29.5 Å². The number of rotatable bonds is 8. The van der Waals surface area contributed by atoms with E-state index in [0.29, 0.717) is 32.0 Å². The van der Waals surface area contributed by atoms with Gasteiger partial charge >= 0.3 is 6.18 Å². The van der Waals surface area contributed by atoms with Gasteiger partial charge in [0.2, 0.25) is 17.8 Å². The van der Waals surface area contributed by atoms with E-state index >= 15 is 0 Å². The first-order valence-corrected chi connectivity index (χ1v) is 11.2. The fraction of sp³-hybridized carbons (Fsp3) is 0.500. The first-order valence-electron chi connectivity index (χ1n) is 10.2. The Morgan fingerprint density at radius 1 is 1.18 bits per heavy atom. The Hall–Kier alpha value is -2.80. The third-order valence-electron chi connectivity index (χ3n) is 4.80. The molecule has 1 aliphatic rings. The van der Waals surface area contributed by atoms with Gasteiger partial charge < -0.3 is 19.9 Å². The highest BCUT2D eigenvalue weighted by Crippen LogP contribution is 2.28. The maximum absolute atomic E-state index is 13.2. The molecule has 2 heterocycles. The van der Waals surface area contributed by atoms with Crippen LogP contribution in [-0.4, -0.2) is 83.3 Å². The molecular weight excluding hydrogens is 461 g/mol. The minimum atomic E-state index is -4.48. The Morgan fingerprint density at radius 2 is 1.85 bits per heavy atom. The fourth-order valence-corrected chi connectivity index (χ4v) is 3.95. The van der Waals surface area contributed by atoms with E-state index in [9.17, 15) is 22.8 Å². The van der Waals surface area contributed by atoms with Gasteiger partial charge in [-0.3, -0.25) is 14.2 Å². The second-order valence-corrected chi connectivity index (χ2v) is 8.48. The van der Waals surface area contributed by atoms with E-state index in [1.165, 1.54) is 11.9 Å². The number of alkyl halides is 3. The molecule has 3 rings (SSSR count). The summed E-state index contributed by atoms with van der Waals surface area (Å²) in [5.74, 6) is -0.896. The number of likely N-dealkylation sites (N-methyl/N-ethyl adjacent to an activating group) is 1. The van der Waals surface area contributed by atoms with Crippen molar-refractivity contribution in [1.29, 1.82) is 0 Å². The normalized spacial score (nSPS) is 14.3. The predicted octanol–water partition coefficient (Wildman–Crippen LogP) is 2.17. The molecule has 13 heteroatoms. The number of carbonyl (C=O) groups excluding carboxylic acids is 2. The molecule has 0 unspecified atom stereocenters. The number of thioether (sulfide) groups is 1. The number of hydrogen-bond acceptors (Lipinski definition) is 7. The van der Waals surface area contributed by atoms with Crippen molar-refractivity contribution in [3.8, 4) is 0 Å². The van der Waals surface area contributed by atoms with Crippen LogP contribution >= 0.6 is 11.8 Å². The van der Waals surface area contributed by atoms with Crippen LogP contribution in [0.25, 0.3) is 0 Å². The third-order valence-corrected chi connectivity index (χ3v) is 5.75. The summed E-state index contributed by atoms with van der Waals surface area (Å²) in [6.45, 7) is 2.04. The predicted molar refractivity (Wildman–Crippen MR) is 117 cm³/mol. The Kier molecular flexibility index (Phi) is 8.19. The summed E-state index contributed by atoms with van der Waals surface area (Å²) in [5, 5.41) is 10.5. The highest BCUT2D eigenvalue weighted by atomic mass is 32.2. The van der Waals surface area contributed by atoms with Crippen molar-refractivity contribution in [1.82, 2.24) is 19.7 Å². The van der Waals surface area contributed by atoms with Gasteiger partial charge in [-0.2, -0.15) is 13.2 Å². The molecule has 0 saturated carbocycles. The molecule has 9 nitrogen and oxygen atoms in total. The lowest BCUT2D eigenvalue weighted by atomic mass is 10.2. The van der Waals surface area contributed by atoms with E-state index in [1.54, 1.807) is 17.0 Å². The number of carbonyl (C=O) groups is 2. The zero-order chi connectivity index (χ0) is 24.0. The molecule has 1 N–H and O–H groups in total. The minimum Gasteiger partial charge on any atom is -0.378 e. The van der Waals surface area contributed by atoms with Gasteiger partial charge in [-0.15, -0.1) is 10.2 Å². The first kappa shape index (κ1) is 24.8. The number of anilines is 2. The standard InChI is InChI=1S/C20H25F3N6O3S/c1-14-3-5-15(6-4-14)24-16(30)11-27(2)17(31)12-33-19-26-25-18(28-7-9-32-10-8-28)29(19)13-20(21,22)23/h3-6H,7-13H2,1-2H3,(H,24,30). The largest absolute Gasteiger partial charge is 0.406 e. The number of nitrogens with one attached hydrogen (secondary N) is 1. The second-order valence-electron chi connectivity index (χ2n) is 7.54. The molecule has 0 bridgehead atoms. The van der Waals surface area contributed by atoms with Crippen molar-refractivity contribution in [2.45, 2.75) is 24.8 Å². The third kappa shape index (κ3) is 7.35. The SMILES string of the molecule is Cc1ccc(NC(=O)CN(C)C(=O)CSc2nnc(N3CCOCC3)n2CC(F)(F)F)cc1. The number of halogens is 3. The molecule has 2 amide bonds. The number of hydrogen-bond donors (Lipinski definition) is 1. The van der Waals surface area contributed by atoms with E-state index in [0.717, 1.165) is 21.9 Å². The molecule has 1 saturated heterocycles. The molecule has 0 atom stereocenters. The molecule has 33 heavy (non-hydrogen) atoms. The molecular formula is C20H25F3N6O3S. The molecule has 0 aliphatic carbocycles. The number of morpholine rings is 1. The average Bonchev–Trinajstić information content (AvgIpc) is 3.14.